The zero-order valence-electron chi connectivity index (χ0n) is 11.0. The number of H-pyrrole nitrogens is 1. The number of carbonyl (C=O) groups excluding carboxylic acids is 2. The summed E-state index contributed by atoms with van der Waals surface area (Å²) in [6, 6.07) is 0.127. The molecule has 0 spiro atoms. The zero-order valence-corrected chi connectivity index (χ0v) is 11.0. The van der Waals surface area contributed by atoms with Crippen molar-refractivity contribution < 1.29 is 9.59 Å². The number of carbonyl (C=O) groups is 2. The summed E-state index contributed by atoms with van der Waals surface area (Å²) in [5.41, 5.74) is 2.32. The third kappa shape index (κ3) is 2.34. The van der Waals surface area contributed by atoms with Crippen LogP contribution in [0.2, 0.25) is 0 Å². The van der Waals surface area contributed by atoms with E-state index in [1.807, 2.05) is 6.20 Å². The molecular formula is C13H18N4O2. The van der Waals surface area contributed by atoms with Gasteiger partial charge in [0, 0.05) is 31.6 Å². The van der Waals surface area contributed by atoms with Gasteiger partial charge in [0.05, 0.1) is 12.2 Å². The molecule has 1 aliphatic carbocycles. The van der Waals surface area contributed by atoms with Crippen LogP contribution in [0.1, 0.15) is 24.6 Å². The van der Waals surface area contributed by atoms with E-state index in [1.165, 1.54) is 0 Å². The van der Waals surface area contributed by atoms with E-state index in [9.17, 15) is 9.59 Å². The highest BCUT2D eigenvalue weighted by atomic mass is 16.2. The number of nitrogens with zero attached hydrogens (tertiary/aromatic N) is 2. The zero-order chi connectivity index (χ0) is 13.4. The molecule has 2 aliphatic rings. The number of hydrogen-bond acceptors (Lipinski definition) is 3. The summed E-state index contributed by atoms with van der Waals surface area (Å²) in [5.74, 6) is 0.225. The van der Waals surface area contributed by atoms with Crippen LogP contribution in [-0.4, -0.2) is 46.0 Å². The number of likely N-dealkylation sites (tertiary alicyclic amines) is 1. The minimum atomic E-state index is 0.0384. The van der Waals surface area contributed by atoms with Crippen molar-refractivity contribution in [2.75, 3.05) is 13.1 Å². The Morgan fingerprint density at radius 2 is 2.26 bits per heavy atom. The van der Waals surface area contributed by atoms with E-state index in [-0.39, 0.29) is 23.8 Å². The molecule has 6 heteroatoms. The number of aromatic amines is 1. The van der Waals surface area contributed by atoms with Crippen LogP contribution in [0, 0.1) is 5.92 Å². The van der Waals surface area contributed by atoms with Crippen LogP contribution < -0.4 is 5.32 Å². The highest BCUT2D eigenvalue weighted by molar-refractivity contribution is 5.80. The van der Waals surface area contributed by atoms with Gasteiger partial charge >= 0.3 is 0 Å². The van der Waals surface area contributed by atoms with E-state index < -0.39 is 0 Å². The Labute approximate surface area is 111 Å². The molecule has 1 fully saturated rings. The second-order valence-corrected chi connectivity index (χ2v) is 5.44. The van der Waals surface area contributed by atoms with Gasteiger partial charge in [-0.25, -0.2) is 0 Å². The van der Waals surface area contributed by atoms with E-state index in [4.69, 9.17) is 0 Å². The van der Waals surface area contributed by atoms with Crippen molar-refractivity contribution >= 4 is 11.8 Å². The fourth-order valence-corrected chi connectivity index (χ4v) is 2.79. The maximum atomic E-state index is 12.2. The van der Waals surface area contributed by atoms with Crippen molar-refractivity contribution in [1.29, 1.82) is 0 Å². The van der Waals surface area contributed by atoms with E-state index >= 15 is 0 Å². The molecule has 0 bridgehead atoms. The molecule has 2 heterocycles. The largest absolute Gasteiger partial charge is 0.350 e. The van der Waals surface area contributed by atoms with Crippen molar-refractivity contribution in [3.63, 3.8) is 0 Å². The van der Waals surface area contributed by atoms with Gasteiger partial charge in [0.15, 0.2) is 0 Å². The lowest BCUT2D eigenvalue weighted by molar-refractivity contribution is -0.136. The Morgan fingerprint density at radius 1 is 1.47 bits per heavy atom. The number of hydrogen-bond donors (Lipinski definition) is 2. The molecule has 6 nitrogen and oxygen atoms in total. The van der Waals surface area contributed by atoms with Gasteiger partial charge in [0.2, 0.25) is 11.8 Å². The average Bonchev–Trinajstić information content (AvgIpc) is 2.79. The number of aryl methyl sites for hydroxylation is 1. The highest BCUT2D eigenvalue weighted by Gasteiger charge is 2.32. The first-order chi connectivity index (χ1) is 9.13. The maximum absolute atomic E-state index is 12.2. The Kier molecular flexibility index (Phi) is 3.00. The SMILES string of the molecule is CC(=O)N1CC(NC(=O)C2CCc3[nH]ncc3C2)C1. The minimum absolute atomic E-state index is 0.0384. The Bertz CT molecular complexity index is 504. The van der Waals surface area contributed by atoms with Crippen LogP contribution >= 0.6 is 0 Å². The number of amides is 2. The van der Waals surface area contributed by atoms with Gasteiger partial charge in [-0.05, 0) is 24.8 Å². The van der Waals surface area contributed by atoms with Gasteiger partial charge in [-0.15, -0.1) is 0 Å². The summed E-state index contributed by atoms with van der Waals surface area (Å²) < 4.78 is 0. The Balaban J connectivity index is 1.51. The van der Waals surface area contributed by atoms with Crippen molar-refractivity contribution in [1.82, 2.24) is 20.4 Å². The van der Waals surface area contributed by atoms with Crippen molar-refractivity contribution in [3.8, 4) is 0 Å². The van der Waals surface area contributed by atoms with Gasteiger partial charge in [-0.1, -0.05) is 0 Å². The van der Waals surface area contributed by atoms with Crippen LogP contribution in [0.15, 0.2) is 6.20 Å². The number of aromatic nitrogens is 2. The third-order valence-corrected chi connectivity index (χ3v) is 4.06. The fraction of sp³-hybridized carbons (Fsp3) is 0.615. The maximum Gasteiger partial charge on any atom is 0.223 e. The first-order valence-electron chi connectivity index (χ1n) is 6.70. The van der Waals surface area contributed by atoms with E-state index in [0.29, 0.717) is 13.1 Å². The van der Waals surface area contributed by atoms with Gasteiger partial charge in [-0.3, -0.25) is 14.7 Å². The van der Waals surface area contributed by atoms with Gasteiger partial charge < -0.3 is 10.2 Å². The van der Waals surface area contributed by atoms with Crippen molar-refractivity contribution in [2.45, 2.75) is 32.2 Å². The van der Waals surface area contributed by atoms with Crippen LogP contribution in [0.4, 0.5) is 0 Å². The summed E-state index contributed by atoms with van der Waals surface area (Å²) in [6.45, 7) is 2.84. The molecule has 102 valence electrons. The first-order valence-corrected chi connectivity index (χ1v) is 6.70. The highest BCUT2D eigenvalue weighted by Crippen LogP contribution is 2.24. The number of rotatable bonds is 2. The Morgan fingerprint density at radius 3 is 3.00 bits per heavy atom. The molecule has 0 saturated carbocycles. The van der Waals surface area contributed by atoms with Crippen molar-refractivity contribution in [3.05, 3.63) is 17.5 Å². The lowest BCUT2D eigenvalue weighted by Crippen LogP contribution is -2.61. The quantitative estimate of drug-likeness (QED) is 0.779. The van der Waals surface area contributed by atoms with E-state index in [0.717, 1.165) is 30.5 Å². The Hall–Kier alpha value is -1.85. The van der Waals surface area contributed by atoms with Crippen LogP contribution in [0.3, 0.4) is 0 Å². The summed E-state index contributed by atoms with van der Waals surface area (Å²) in [7, 11) is 0. The predicted molar refractivity (Wildman–Crippen MR) is 68.3 cm³/mol. The smallest absolute Gasteiger partial charge is 0.223 e. The number of nitrogens with one attached hydrogen (secondary N) is 2. The topological polar surface area (TPSA) is 78.1 Å². The normalized spacial score (nSPS) is 22.6. The van der Waals surface area contributed by atoms with Gasteiger partial charge in [0.25, 0.3) is 0 Å². The minimum Gasteiger partial charge on any atom is -0.350 e. The molecule has 1 atom stereocenters. The molecular weight excluding hydrogens is 244 g/mol. The molecule has 3 rings (SSSR count). The van der Waals surface area contributed by atoms with E-state index in [2.05, 4.69) is 15.5 Å². The molecule has 0 aromatic carbocycles. The first kappa shape index (κ1) is 12.2. The van der Waals surface area contributed by atoms with Crippen LogP contribution in [-0.2, 0) is 22.4 Å². The predicted octanol–water partition coefficient (Wildman–Crippen LogP) is -0.138. The molecule has 1 aromatic rings. The summed E-state index contributed by atoms with van der Waals surface area (Å²) in [5, 5.41) is 10.0. The van der Waals surface area contributed by atoms with Crippen LogP contribution in [0.25, 0.3) is 0 Å². The molecule has 19 heavy (non-hydrogen) atoms. The van der Waals surface area contributed by atoms with Gasteiger partial charge in [0.1, 0.15) is 0 Å². The summed E-state index contributed by atoms with van der Waals surface area (Å²) in [6.07, 6.45) is 4.33. The molecule has 1 aromatic heterocycles. The monoisotopic (exact) mass is 262 g/mol. The second kappa shape index (κ2) is 4.68. The molecule has 1 aliphatic heterocycles. The van der Waals surface area contributed by atoms with Gasteiger partial charge in [-0.2, -0.15) is 5.10 Å². The van der Waals surface area contributed by atoms with Crippen LogP contribution in [0.5, 0.6) is 0 Å². The summed E-state index contributed by atoms with van der Waals surface area (Å²) in [4.78, 5) is 25.0. The molecule has 0 radical (unpaired) electrons. The second-order valence-electron chi connectivity index (χ2n) is 5.44. The fourth-order valence-electron chi connectivity index (χ4n) is 2.79. The molecule has 2 N–H and O–H groups in total. The number of fused-ring (bicyclic) bond motifs is 1. The average molecular weight is 262 g/mol. The molecule has 1 unspecified atom stereocenters. The summed E-state index contributed by atoms with van der Waals surface area (Å²) >= 11 is 0. The standard InChI is InChI=1S/C13H18N4O2/c1-8(18)17-6-11(7-17)15-13(19)9-2-3-12-10(4-9)5-14-16-12/h5,9,11H,2-4,6-7H2,1H3,(H,14,16)(H,15,19). The lowest BCUT2D eigenvalue weighted by atomic mass is 9.87. The lowest BCUT2D eigenvalue weighted by Gasteiger charge is -2.39. The molecule has 1 saturated heterocycles. The van der Waals surface area contributed by atoms with Crippen molar-refractivity contribution in [2.24, 2.45) is 5.92 Å². The third-order valence-electron chi connectivity index (χ3n) is 4.06. The van der Waals surface area contributed by atoms with E-state index in [1.54, 1.807) is 11.8 Å². The molecule has 2 amide bonds.